The Morgan fingerprint density at radius 2 is 1.85 bits per heavy atom. The first-order valence-corrected chi connectivity index (χ1v) is 8.14. The molecule has 0 spiro atoms. The Labute approximate surface area is 150 Å². The predicted octanol–water partition coefficient (Wildman–Crippen LogP) is 3.55. The van der Waals surface area contributed by atoms with Gasteiger partial charge in [0.1, 0.15) is 0 Å². The SMILES string of the molecule is CC(=O)c1cccc(NC(=O)[C@@H](C)OC(=O)c2c[nH]c3ccccc23)c1. The van der Waals surface area contributed by atoms with Crippen LogP contribution in [0.25, 0.3) is 10.9 Å². The summed E-state index contributed by atoms with van der Waals surface area (Å²) in [4.78, 5) is 39.1. The van der Waals surface area contributed by atoms with Crippen LogP contribution in [0.5, 0.6) is 0 Å². The molecule has 132 valence electrons. The number of benzene rings is 2. The lowest BCUT2D eigenvalue weighted by Gasteiger charge is -2.13. The van der Waals surface area contributed by atoms with Crippen LogP contribution in [-0.4, -0.2) is 28.7 Å². The molecule has 3 rings (SSSR count). The Balaban J connectivity index is 1.68. The number of fused-ring (bicyclic) bond motifs is 1. The first-order valence-electron chi connectivity index (χ1n) is 8.14. The second-order valence-corrected chi connectivity index (χ2v) is 5.92. The quantitative estimate of drug-likeness (QED) is 0.544. The van der Waals surface area contributed by atoms with Crippen LogP contribution in [-0.2, 0) is 9.53 Å². The number of para-hydroxylation sites is 1. The van der Waals surface area contributed by atoms with E-state index in [0.717, 1.165) is 10.9 Å². The second-order valence-electron chi connectivity index (χ2n) is 5.92. The number of hydrogen-bond donors (Lipinski definition) is 2. The molecule has 26 heavy (non-hydrogen) atoms. The molecule has 0 fully saturated rings. The summed E-state index contributed by atoms with van der Waals surface area (Å²) in [6.07, 6.45) is 0.575. The fourth-order valence-corrected chi connectivity index (χ4v) is 2.58. The molecule has 2 aromatic carbocycles. The summed E-state index contributed by atoms with van der Waals surface area (Å²) in [6, 6.07) is 13.9. The van der Waals surface area contributed by atoms with Crippen molar-refractivity contribution in [1.82, 2.24) is 4.98 Å². The summed E-state index contributed by atoms with van der Waals surface area (Å²) in [5, 5.41) is 3.38. The number of H-pyrrole nitrogens is 1. The minimum absolute atomic E-state index is 0.0973. The normalized spacial score (nSPS) is 11.8. The molecule has 0 unspecified atom stereocenters. The van der Waals surface area contributed by atoms with Gasteiger partial charge in [0.2, 0.25) is 0 Å². The van der Waals surface area contributed by atoms with Gasteiger partial charge in [-0.15, -0.1) is 0 Å². The van der Waals surface area contributed by atoms with E-state index in [1.807, 2.05) is 18.2 Å². The number of aromatic nitrogens is 1. The van der Waals surface area contributed by atoms with Gasteiger partial charge < -0.3 is 15.0 Å². The van der Waals surface area contributed by atoms with Crippen LogP contribution >= 0.6 is 0 Å². The third kappa shape index (κ3) is 3.64. The van der Waals surface area contributed by atoms with E-state index in [2.05, 4.69) is 10.3 Å². The van der Waals surface area contributed by atoms with Gasteiger partial charge in [-0.2, -0.15) is 0 Å². The van der Waals surface area contributed by atoms with Crippen molar-refractivity contribution in [3.8, 4) is 0 Å². The van der Waals surface area contributed by atoms with Crippen molar-refractivity contribution < 1.29 is 19.1 Å². The molecule has 6 nitrogen and oxygen atoms in total. The highest BCUT2D eigenvalue weighted by atomic mass is 16.5. The molecule has 0 aliphatic carbocycles. The number of rotatable bonds is 5. The standard InChI is InChI=1S/C20H18N2O4/c1-12(23)14-6-5-7-15(10-14)22-19(24)13(2)26-20(25)17-11-21-18-9-4-3-8-16(17)18/h3-11,13,21H,1-2H3,(H,22,24)/t13-/m1/s1. The zero-order valence-electron chi connectivity index (χ0n) is 14.4. The average molecular weight is 350 g/mol. The van der Waals surface area contributed by atoms with Crippen LogP contribution in [0.2, 0.25) is 0 Å². The van der Waals surface area contributed by atoms with Crippen molar-refractivity contribution in [3.05, 3.63) is 65.9 Å². The fourth-order valence-electron chi connectivity index (χ4n) is 2.58. The van der Waals surface area contributed by atoms with Crippen molar-refractivity contribution in [1.29, 1.82) is 0 Å². The third-order valence-corrected chi connectivity index (χ3v) is 4.00. The van der Waals surface area contributed by atoms with Gasteiger partial charge in [0.25, 0.3) is 5.91 Å². The maximum absolute atomic E-state index is 12.4. The highest BCUT2D eigenvalue weighted by molar-refractivity contribution is 6.05. The zero-order chi connectivity index (χ0) is 18.7. The van der Waals surface area contributed by atoms with Crippen molar-refractivity contribution >= 4 is 34.3 Å². The molecule has 0 aliphatic heterocycles. The molecular weight excluding hydrogens is 332 g/mol. The summed E-state index contributed by atoms with van der Waals surface area (Å²) in [6.45, 7) is 2.95. The van der Waals surface area contributed by atoms with Crippen LogP contribution < -0.4 is 5.32 Å². The molecule has 3 aromatic rings. The minimum atomic E-state index is -0.989. The van der Waals surface area contributed by atoms with E-state index in [4.69, 9.17) is 4.74 Å². The molecule has 0 saturated heterocycles. The second kappa shape index (κ2) is 7.23. The van der Waals surface area contributed by atoms with Gasteiger partial charge in [0.15, 0.2) is 11.9 Å². The number of hydrogen-bond acceptors (Lipinski definition) is 4. The maximum Gasteiger partial charge on any atom is 0.341 e. The predicted molar refractivity (Wildman–Crippen MR) is 98.3 cm³/mol. The smallest absolute Gasteiger partial charge is 0.341 e. The molecule has 0 radical (unpaired) electrons. The maximum atomic E-state index is 12.4. The molecule has 0 saturated carbocycles. The van der Waals surface area contributed by atoms with E-state index in [1.165, 1.54) is 13.8 Å². The number of anilines is 1. The Morgan fingerprint density at radius 1 is 1.08 bits per heavy atom. The molecule has 1 amide bonds. The van der Waals surface area contributed by atoms with Gasteiger partial charge >= 0.3 is 5.97 Å². The topological polar surface area (TPSA) is 88.3 Å². The first kappa shape index (κ1) is 17.4. The number of carbonyl (C=O) groups is 3. The van der Waals surface area contributed by atoms with Gasteiger partial charge in [-0.3, -0.25) is 9.59 Å². The van der Waals surface area contributed by atoms with Gasteiger partial charge in [-0.05, 0) is 32.0 Å². The highest BCUT2D eigenvalue weighted by Crippen LogP contribution is 2.19. The number of carbonyl (C=O) groups excluding carboxylic acids is 3. The number of aromatic amines is 1. The van der Waals surface area contributed by atoms with Crippen LogP contribution in [0, 0.1) is 0 Å². The van der Waals surface area contributed by atoms with Crippen LogP contribution in [0.15, 0.2) is 54.7 Å². The van der Waals surface area contributed by atoms with E-state index >= 15 is 0 Å². The van der Waals surface area contributed by atoms with Gasteiger partial charge in [0.05, 0.1) is 5.56 Å². The lowest BCUT2D eigenvalue weighted by molar-refractivity contribution is -0.123. The van der Waals surface area contributed by atoms with E-state index < -0.39 is 18.0 Å². The van der Waals surface area contributed by atoms with Crippen molar-refractivity contribution in [2.24, 2.45) is 0 Å². The Kier molecular flexibility index (Phi) is 4.84. The van der Waals surface area contributed by atoms with Crippen molar-refractivity contribution in [2.75, 3.05) is 5.32 Å². The van der Waals surface area contributed by atoms with E-state index in [1.54, 1.807) is 36.5 Å². The first-order chi connectivity index (χ1) is 12.5. The molecule has 1 aromatic heterocycles. The Morgan fingerprint density at radius 3 is 2.62 bits per heavy atom. The molecule has 0 bridgehead atoms. The average Bonchev–Trinajstić information content (AvgIpc) is 3.06. The minimum Gasteiger partial charge on any atom is -0.449 e. The summed E-state index contributed by atoms with van der Waals surface area (Å²) >= 11 is 0. The largest absolute Gasteiger partial charge is 0.449 e. The fraction of sp³-hybridized carbons (Fsp3) is 0.150. The molecule has 1 heterocycles. The lowest BCUT2D eigenvalue weighted by atomic mass is 10.1. The van der Waals surface area contributed by atoms with Crippen LogP contribution in [0.4, 0.5) is 5.69 Å². The molecular formula is C20H18N2O4. The Hall–Kier alpha value is -3.41. The number of amides is 1. The molecule has 1 atom stereocenters. The monoisotopic (exact) mass is 350 g/mol. The molecule has 0 aliphatic rings. The summed E-state index contributed by atoms with van der Waals surface area (Å²) < 4.78 is 5.28. The van der Waals surface area contributed by atoms with Gasteiger partial charge in [0, 0.05) is 28.4 Å². The zero-order valence-corrected chi connectivity index (χ0v) is 14.4. The van der Waals surface area contributed by atoms with E-state index in [9.17, 15) is 14.4 Å². The summed E-state index contributed by atoms with van der Waals surface area (Å²) in [5.74, 6) is -1.15. The molecule has 6 heteroatoms. The van der Waals surface area contributed by atoms with Gasteiger partial charge in [-0.25, -0.2) is 4.79 Å². The summed E-state index contributed by atoms with van der Waals surface area (Å²) in [7, 11) is 0. The number of ether oxygens (including phenoxy) is 1. The third-order valence-electron chi connectivity index (χ3n) is 4.00. The van der Waals surface area contributed by atoms with E-state index in [0.29, 0.717) is 16.8 Å². The van der Waals surface area contributed by atoms with Crippen molar-refractivity contribution in [2.45, 2.75) is 20.0 Å². The van der Waals surface area contributed by atoms with Crippen LogP contribution in [0.3, 0.4) is 0 Å². The Bertz CT molecular complexity index is 990. The van der Waals surface area contributed by atoms with Gasteiger partial charge in [-0.1, -0.05) is 30.3 Å². The number of ketones is 1. The number of nitrogens with one attached hydrogen (secondary N) is 2. The highest BCUT2D eigenvalue weighted by Gasteiger charge is 2.21. The van der Waals surface area contributed by atoms with E-state index in [-0.39, 0.29) is 5.78 Å². The molecule has 2 N–H and O–H groups in total. The van der Waals surface area contributed by atoms with Crippen molar-refractivity contribution in [3.63, 3.8) is 0 Å². The number of esters is 1. The summed E-state index contributed by atoms with van der Waals surface area (Å²) in [5.41, 5.74) is 2.15. The lowest BCUT2D eigenvalue weighted by Crippen LogP contribution is -2.30. The van der Waals surface area contributed by atoms with Crippen LogP contribution in [0.1, 0.15) is 34.6 Å². The number of Topliss-reactive ketones (excluding diaryl/α,β-unsaturated/α-hetero) is 1.